The average molecular weight is 332 g/mol. The minimum atomic E-state index is -0.175. The zero-order valence-corrected chi connectivity index (χ0v) is 14.7. The van der Waals surface area contributed by atoms with Crippen LogP contribution in [0.15, 0.2) is 24.3 Å². The summed E-state index contributed by atoms with van der Waals surface area (Å²) < 4.78 is 0. The van der Waals surface area contributed by atoms with Crippen molar-refractivity contribution < 1.29 is 9.59 Å². The second-order valence-corrected chi connectivity index (χ2v) is 6.62. The second kappa shape index (κ2) is 8.80. The van der Waals surface area contributed by atoms with Gasteiger partial charge in [0.05, 0.1) is 0 Å². The van der Waals surface area contributed by atoms with E-state index in [2.05, 4.69) is 28.4 Å². The highest BCUT2D eigenvalue weighted by Gasteiger charge is 2.28. The minimum absolute atomic E-state index is 0.00232. The molecule has 0 aromatic heterocycles. The zero-order valence-electron chi connectivity index (χ0n) is 14.7. The van der Waals surface area contributed by atoms with Gasteiger partial charge in [-0.1, -0.05) is 39.3 Å². The highest BCUT2D eigenvalue weighted by Crippen LogP contribution is 2.12. The second-order valence-electron chi connectivity index (χ2n) is 6.62. The molecule has 24 heavy (non-hydrogen) atoms. The first kappa shape index (κ1) is 18.4. The van der Waals surface area contributed by atoms with Crippen molar-refractivity contribution in [2.75, 3.05) is 5.32 Å². The highest BCUT2D eigenvalue weighted by molar-refractivity contribution is 5.92. The van der Waals surface area contributed by atoms with Gasteiger partial charge in [0.2, 0.25) is 11.8 Å². The molecule has 2 unspecified atom stereocenters. The van der Waals surface area contributed by atoms with Crippen LogP contribution < -0.4 is 21.5 Å². The molecule has 2 atom stereocenters. The Morgan fingerprint density at radius 2 is 1.92 bits per heavy atom. The van der Waals surface area contributed by atoms with Crippen molar-refractivity contribution in [2.24, 2.45) is 5.92 Å². The van der Waals surface area contributed by atoms with E-state index >= 15 is 0 Å². The number of amides is 2. The van der Waals surface area contributed by atoms with Crippen LogP contribution in [0.3, 0.4) is 0 Å². The van der Waals surface area contributed by atoms with Crippen molar-refractivity contribution in [2.45, 2.75) is 58.7 Å². The van der Waals surface area contributed by atoms with Crippen molar-refractivity contribution >= 4 is 17.5 Å². The normalized spacial score (nSPS) is 20.2. The average Bonchev–Trinajstić information content (AvgIpc) is 3.03. The van der Waals surface area contributed by atoms with Gasteiger partial charge in [0.15, 0.2) is 0 Å². The Hall–Kier alpha value is -1.92. The molecule has 0 bridgehead atoms. The molecule has 1 aliphatic heterocycles. The number of benzene rings is 1. The first-order chi connectivity index (χ1) is 11.5. The van der Waals surface area contributed by atoms with E-state index in [1.807, 2.05) is 38.1 Å². The number of hydrogen-bond donors (Lipinski definition) is 4. The summed E-state index contributed by atoms with van der Waals surface area (Å²) in [5.41, 5.74) is 8.00. The standard InChI is InChI=1S/C18H28N4O2/c1-4-5-15-10-16(22-21-15)18(24)19-11-13-6-8-14(9-7-13)20-17(23)12(2)3/h6-9,12,15-16,21-22H,4-5,10-11H2,1-3H3,(H,19,24)(H,20,23). The van der Waals surface area contributed by atoms with Gasteiger partial charge in [-0.05, 0) is 30.5 Å². The monoisotopic (exact) mass is 332 g/mol. The Bertz CT molecular complexity index is 557. The van der Waals surface area contributed by atoms with Crippen LogP contribution >= 0.6 is 0 Å². The summed E-state index contributed by atoms with van der Waals surface area (Å²) >= 11 is 0. The number of nitrogens with one attached hydrogen (secondary N) is 4. The molecule has 1 aromatic rings. The molecule has 0 spiro atoms. The van der Waals surface area contributed by atoms with Gasteiger partial charge in [0.25, 0.3) is 0 Å². The fraction of sp³-hybridized carbons (Fsp3) is 0.556. The van der Waals surface area contributed by atoms with Crippen molar-refractivity contribution in [1.82, 2.24) is 16.2 Å². The molecule has 6 nitrogen and oxygen atoms in total. The molecule has 4 N–H and O–H groups in total. The molecule has 132 valence electrons. The summed E-state index contributed by atoms with van der Waals surface area (Å²) in [6.45, 7) is 6.34. The van der Waals surface area contributed by atoms with Crippen LogP contribution in [-0.2, 0) is 16.1 Å². The van der Waals surface area contributed by atoms with Crippen LogP contribution in [0.25, 0.3) is 0 Å². The SMILES string of the molecule is CCCC1CC(C(=O)NCc2ccc(NC(=O)C(C)C)cc2)NN1. The van der Waals surface area contributed by atoms with Gasteiger partial charge in [0, 0.05) is 24.2 Å². The van der Waals surface area contributed by atoms with Crippen LogP contribution in [0.1, 0.15) is 45.6 Å². The number of anilines is 1. The third-order valence-corrected chi connectivity index (χ3v) is 4.15. The Morgan fingerprint density at radius 3 is 2.54 bits per heavy atom. The van der Waals surface area contributed by atoms with Crippen molar-refractivity contribution in [3.63, 3.8) is 0 Å². The van der Waals surface area contributed by atoms with Gasteiger partial charge in [-0.2, -0.15) is 0 Å². The maximum atomic E-state index is 12.2. The van der Waals surface area contributed by atoms with Gasteiger partial charge in [-0.25, -0.2) is 5.43 Å². The quantitative estimate of drug-likeness (QED) is 0.615. The third kappa shape index (κ3) is 5.32. The summed E-state index contributed by atoms with van der Waals surface area (Å²) in [5.74, 6) is -0.0381. The van der Waals surface area contributed by atoms with Gasteiger partial charge in [0.1, 0.15) is 6.04 Å². The van der Waals surface area contributed by atoms with Crippen LogP contribution in [0.5, 0.6) is 0 Å². The van der Waals surface area contributed by atoms with E-state index in [-0.39, 0.29) is 23.8 Å². The van der Waals surface area contributed by atoms with Crippen molar-refractivity contribution in [1.29, 1.82) is 0 Å². The lowest BCUT2D eigenvalue weighted by Crippen LogP contribution is -2.43. The molecule has 0 saturated carbocycles. The number of carbonyl (C=O) groups is 2. The molecule has 0 aliphatic carbocycles. The summed E-state index contributed by atoms with van der Waals surface area (Å²) in [4.78, 5) is 23.8. The molecule has 1 fully saturated rings. The lowest BCUT2D eigenvalue weighted by Gasteiger charge is -2.11. The Balaban J connectivity index is 1.78. The van der Waals surface area contributed by atoms with Crippen molar-refractivity contribution in [3.8, 4) is 0 Å². The zero-order chi connectivity index (χ0) is 17.5. The minimum Gasteiger partial charge on any atom is -0.351 e. The van der Waals surface area contributed by atoms with E-state index in [9.17, 15) is 9.59 Å². The number of carbonyl (C=O) groups excluding carboxylic acids is 2. The molecule has 1 saturated heterocycles. The van der Waals surface area contributed by atoms with E-state index in [0.29, 0.717) is 12.6 Å². The van der Waals surface area contributed by atoms with Gasteiger partial charge in [-0.15, -0.1) is 0 Å². The third-order valence-electron chi connectivity index (χ3n) is 4.15. The molecular weight excluding hydrogens is 304 g/mol. The first-order valence-corrected chi connectivity index (χ1v) is 8.68. The van der Waals surface area contributed by atoms with Crippen LogP contribution in [0.2, 0.25) is 0 Å². The van der Waals surface area contributed by atoms with E-state index in [4.69, 9.17) is 0 Å². The number of hydrogen-bond acceptors (Lipinski definition) is 4. The predicted octanol–water partition coefficient (Wildman–Crippen LogP) is 1.93. The van der Waals surface area contributed by atoms with Crippen molar-refractivity contribution in [3.05, 3.63) is 29.8 Å². The van der Waals surface area contributed by atoms with E-state index in [0.717, 1.165) is 30.5 Å². The topological polar surface area (TPSA) is 82.3 Å². The molecule has 1 aliphatic rings. The lowest BCUT2D eigenvalue weighted by atomic mass is 10.1. The molecule has 1 aromatic carbocycles. The largest absolute Gasteiger partial charge is 0.351 e. The van der Waals surface area contributed by atoms with E-state index in [1.165, 1.54) is 0 Å². The molecule has 0 radical (unpaired) electrons. The Morgan fingerprint density at radius 1 is 1.21 bits per heavy atom. The molecular formula is C18H28N4O2. The molecule has 1 heterocycles. The fourth-order valence-electron chi connectivity index (χ4n) is 2.64. The maximum Gasteiger partial charge on any atom is 0.238 e. The summed E-state index contributed by atoms with van der Waals surface area (Å²) in [7, 11) is 0. The van der Waals surface area contributed by atoms with Gasteiger partial charge >= 0.3 is 0 Å². The predicted molar refractivity (Wildman–Crippen MR) is 95.1 cm³/mol. The van der Waals surface area contributed by atoms with Crippen LogP contribution in [0, 0.1) is 5.92 Å². The number of hydrazine groups is 1. The van der Waals surface area contributed by atoms with Gasteiger partial charge in [-0.3, -0.25) is 15.0 Å². The van der Waals surface area contributed by atoms with E-state index < -0.39 is 0 Å². The van der Waals surface area contributed by atoms with Crippen LogP contribution in [-0.4, -0.2) is 23.9 Å². The fourth-order valence-corrected chi connectivity index (χ4v) is 2.64. The maximum absolute atomic E-state index is 12.2. The van der Waals surface area contributed by atoms with E-state index in [1.54, 1.807) is 0 Å². The summed E-state index contributed by atoms with van der Waals surface area (Å²) in [6, 6.07) is 7.73. The number of rotatable bonds is 7. The van der Waals surface area contributed by atoms with Gasteiger partial charge < -0.3 is 10.6 Å². The highest BCUT2D eigenvalue weighted by atomic mass is 16.2. The first-order valence-electron chi connectivity index (χ1n) is 8.68. The van der Waals surface area contributed by atoms with Crippen LogP contribution in [0.4, 0.5) is 5.69 Å². The smallest absolute Gasteiger partial charge is 0.238 e. The lowest BCUT2D eigenvalue weighted by molar-refractivity contribution is -0.123. The molecule has 2 amide bonds. The summed E-state index contributed by atoms with van der Waals surface area (Å²) in [6.07, 6.45) is 2.99. The molecule has 6 heteroatoms. The Labute approximate surface area is 143 Å². The Kier molecular flexibility index (Phi) is 6.75. The summed E-state index contributed by atoms with van der Waals surface area (Å²) in [5, 5.41) is 5.80. The molecule has 2 rings (SSSR count).